The molecule has 0 fully saturated rings. The molecule has 2 heteroatoms. The Morgan fingerprint density at radius 3 is 2.93 bits per heavy atom. The van der Waals surface area contributed by atoms with Crippen molar-refractivity contribution in [2.75, 3.05) is 0 Å². The Bertz CT molecular complexity index is 380. The van der Waals surface area contributed by atoms with Crippen molar-refractivity contribution in [3.8, 4) is 0 Å². The molecule has 1 aromatic carbocycles. The highest BCUT2D eigenvalue weighted by Gasteiger charge is 2.18. The monoisotopic (exact) mass is 191 g/mol. The molecule has 1 aromatic rings. The highest BCUT2D eigenvalue weighted by atomic mass is 19.1. The van der Waals surface area contributed by atoms with Gasteiger partial charge in [-0.1, -0.05) is 18.2 Å². The van der Waals surface area contributed by atoms with Gasteiger partial charge in [0.2, 0.25) is 0 Å². The number of rotatable bonds is 1. The van der Waals surface area contributed by atoms with Crippen LogP contribution in [0.5, 0.6) is 0 Å². The van der Waals surface area contributed by atoms with Gasteiger partial charge >= 0.3 is 0 Å². The molecule has 2 N–H and O–H groups in total. The van der Waals surface area contributed by atoms with E-state index in [1.807, 2.05) is 13.0 Å². The fourth-order valence-electron chi connectivity index (χ4n) is 2.00. The Morgan fingerprint density at radius 2 is 2.21 bits per heavy atom. The SMILES string of the molecule is CC(N)C1=CCCc2cccc(F)c21. The lowest BCUT2D eigenvalue weighted by Crippen LogP contribution is -2.20. The van der Waals surface area contributed by atoms with Gasteiger partial charge < -0.3 is 5.73 Å². The third kappa shape index (κ3) is 1.46. The van der Waals surface area contributed by atoms with Crippen LogP contribution in [0.1, 0.15) is 24.5 Å². The maximum atomic E-state index is 13.6. The van der Waals surface area contributed by atoms with Crippen LogP contribution in [0.3, 0.4) is 0 Å². The molecule has 0 spiro atoms. The summed E-state index contributed by atoms with van der Waals surface area (Å²) in [6.45, 7) is 1.90. The zero-order chi connectivity index (χ0) is 10.1. The molecule has 0 aliphatic heterocycles. The first-order valence-electron chi connectivity index (χ1n) is 4.93. The summed E-state index contributed by atoms with van der Waals surface area (Å²) in [7, 11) is 0. The van der Waals surface area contributed by atoms with E-state index in [0.717, 1.165) is 29.5 Å². The van der Waals surface area contributed by atoms with Crippen LogP contribution in [0.2, 0.25) is 0 Å². The van der Waals surface area contributed by atoms with Crippen molar-refractivity contribution < 1.29 is 4.39 Å². The van der Waals surface area contributed by atoms with Gasteiger partial charge in [-0.15, -0.1) is 0 Å². The van der Waals surface area contributed by atoms with Crippen LogP contribution in [0.25, 0.3) is 5.57 Å². The first-order chi connectivity index (χ1) is 6.70. The lowest BCUT2D eigenvalue weighted by Gasteiger charge is -2.20. The normalized spacial score (nSPS) is 17.2. The second-order valence-electron chi connectivity index (χ2n) is 3.76. The Morgan fingerprint density at radius 1 is 1.43 bits per heavy atom. The molecule has 1 unspecified atom stereocenters. The molecule has 0 bridgehead atoms. The van der Waals surface area contributed by atoms with Crippen LogP contribution < -0.4 is 5.73 Å². The van der Waals surface area contributed by atoms with E-state index >= 15 is 0 Å². The van der Waals surface area contributed by atoms with Crippen LogP contribution in [0.15, 0.2) is 24.3 Å². The number of nitrogens with two attached hydrogens (primary N) is 1. The van der Waals surface area contributed by atoms with E-state index in [9.17, 15) is 4.39 Å². The largest absolute Gasteiger partial charge is 0.324 e. The Labute approximate surface area is 83.4 Å². The molecule has 1 nitrogen and oxygen atoms in total. The molecule has 1 aliphatic rings. The number of halogens is 1. The van der Waals surface area contributed by atoms with Crippen molar-refractivity contribution in [2.45, 2.75) is 25.8 Å². The molecular weight excluding hydrogens is 177 g/mol. The Hall–Kier alpha value is -1.15. The van der Waals surface area contributed by atoms with Gasteiger partial charge in [-0.3, -0.25) is 0 Å². The highest BCUT2D eigenvalue weighted by molar-refractivity contribution is 5.73. The molecule has 1 aliphatic carbocycles. The molecule has 14 heavy (non-hydrogen) atoms. The Kier molecular flexibility index (Phi) is 2.38. The fraction of sp³-hybridized carbons (Fsp3) is 0.333. The van der Waals surface area contributed by atoms with Crippen molar-refractivity contribution in [3.05, 3.63) is 41.2 Å². The number of aryl methyl sites for hydroxylation is 1. The van der Waals surface area contributed by atoms with Gasteiger partial charge in [-0.2, -0.15) is 0 Å². The Balaban J connectivity index is 2.56. The summed E-state index contributed by atoms with van der Waals surface area (Å²) in [5.41, 5.74) is 8.58. The van der Waals surface area contributed by atoms with Crippen molar-refractivity contribution in [2.24, 2.45) is 5.73 Å². The average Bonchev–Trinajstić information content (AvgIpc) is 2.17. The van der Waals surface area contributed by atoms with Gasteiger partial charge in [0, 0.05) is 11.6 Å². The van der Waals surface area contributed by atoms with Gasteiger partial charge in [0.15, 0.2) is 0 Å². The topological polar surface area (TPSA) is 26.0 Å². The molecule has 0 heterocycles. The van der Waals surface area contributed by atoms with Crippen molar-refractivity contribution in [1.29, 1.82) is 0 Å². The molecule has 0 saturated carbocycles. The molecule has 0 aromatic heterocycles. The van der Waals surface area contributed by atoms with E-state index < -0.39 is 0 Å². The number of benzene rings is 1. The zero-order valence-electron chi connectivity index (χ0n) is 8.26. The van der Waals surface area contributed by atoms with E-state index in [0.29, 0.717) is 0 Å². The number of hydrogen-bond donors (Lipinski definition) is 1. The van der Waals surface area contributed by atoms with Crippen molar-refractivity contribution >= 4 is 5.57 Å². The van der Waals surface area contributed by atoms with Crippen molar-refractivity contribution in [3.63, 3.8) is 0 Å². The summed E-state index contributed by atoms with van der Waals surface area (Å²) >= 11 is 0. The summed E-state index contributed by atoms with van der Waals surface area (Å²) in [6, 6.07) is 5.15. The standard InChI is InChI=1S/C12H14FN/c1-8(14)10-6-2-4-9-5-3-7-11(13)12(9)10/h3,5-8H,2,4,14H2,1H3. The van der Waals surface area contributed by atoms with Gasteiger partial charge in [0.05, 0.1) is 0 Å². The minimum absolute atomic E-state index is 0.0917. The van der Waals surface area contributed by atoms with E-state index in [1.54, 1.807) is 6.07 Å². The number of fused-ring (bicyclic) bond motifs is 1. The van der Waals surface area contributed by atoms with Crippen LogP contribution in [0.4, 0.5) is 4.39 Å². The van der Waals surface area contributed by atoms with Crippen LogP contribution in [-0.4, -0.2) is 6.04 Å². The minimum Gasteiger partial charge on any atom is -0.324 e. The van der Waals surface area contributed by atoms with Crippen LogP contribution >= 0.6 is 0 Å². The van der Waals surface area contributed by atoms with Gasteiger partial charge in [-0.25, -0.2) is 4.39 Å². The zero-order valence-corrected chi connectivity index (χ0v) is 8.26. The van der Waals surface area contributed by atoms with Gasteiger partial charge in [0.25, 0.3) is 0 Å². The first kappa shape index (κ1) is 9.41. The van der Waals surface area contributed by atoms with Crippen LogP contribution in [0, 0.1) is 5.82 Å². The third-order valence-corrected chi connectivity index (χ3v) is 2.66. The molecule has 0 radical (unpaired) electrons. The predicted octanol–water partition coefficient (Wildman–Crippen LogP) is 2.50. The second kappa shape index (κ2) is 3.54. The summed E-state index contributed by atoms with van der Waals surface area (Å²) in [4.78, 5) is 0. The summed E-state index contributed by atoms with van der Waals surface area (Å²) in [5, 5.41) is 0. The second-order valence-corrected chi connectivity index (χ2v) is 3.76. The van der Waals surface area contributed by atoms with Gasteiger partial charge in [0.1, 0.15) is 5.82 Å². The average molecular weight is 191 g/mol. The number of hydrogen-bond acceptors (Lipinski definition) is 1. The lowest BCUT2D eigenvalue weighted by molar-refractivity contribution is 0.617. The van der Waals surface area contributed by atoms with Crippen LogP contribution in [-0.2, 0) is 6.42 Å². The lowest BCUT2D eigenvalue weighted by atomic mass is 9.87. The molecule has 2 rings (SSSR count). The maximum absolute atomic E-state index is 13.6. The number of allylic oxidation sites excluding steroid dienone is 1. The summed E-state index contributed by atoms with van der Waals surface area (Å²) < 4.78 is 13.6. The quantitative estimate of drug-likeness (QED) is 0.725. The molecule has 74 valence electrons. The first-order valence-corrected chi connectivity index (χ1v) is 4.93. The molecule has 0 amide bonds. The van der Waals surface area contributed by atoms with Crippen molar-refractivity contribution in [1.82, 2.24) is 0 Å². The highest BCUT2D eigenvalue weighted by Crippen LogP contribution is 2.30. The van der Waals surface area contributed by atoms with E-state index in [-0.39, 0.29) is 11.9 Å². The smallest absolute Gasteiger partial charge is 0.131 e. The van der Waals surface area contributed by atoms with E-state index in [1.165, 1.54) is 6.07 Å². The maximum Gasteiger partial charge on any atom is 0.131 e. The van der Waals surface area contributed by atoms with Gasteiger partial charge in [-0.05, 0) is 37.0 Å². The molecule has 0 saturated heterocycles. The van der Waals surface area contributed by atoms with E-state index in [2.05, 4.69) is 6.08 Å². The summed E-state index contributed by atoms with van der Waals surface area (Å²) in [6.07, 6.45) is 3.94. The molecular formula is C12H14FN. The predicted molar refractivity (Wildman–Crippen MR) is 56.3 cm³/mol. The van der Waals surface area contributed by atoms with E-state index in [4.69, 9.17) is 5.73 Å². The molecule has 1 atom stereocenters. The fourth-order valence-corrected chi connectivity index (χ4v) is 2.00. The minimum atomic E-state index is -0.147. The summed E-state index contributed by atoms with van der Waals surface area (Å²) in [5.74, 6) is -0.147. The third-order valence-electron chi connectivity index (χ3n) is 2.66.